The molecule has 1 rings (SSSR count). The first kappa shape index (κ1) is 14.4. The van der Waals surface area contributed by atoms with Crippen LogP contribution >= 0.6 is 0 Å². The van der Waals surface area contributed by atoms with Gasteiger partial charge < -0.3 is 4.89 Å². The van der Waals surface area contributed by atoms with Crippen LogP contribution in [0, 0.1) is 0 Å². The lowest BCUT2D eigenvalue weighted by Crippen LogP contribution is -2.11. The van der Waals surface area contributed by atoms with Gasteiger partial charge in [0.15, 0.2) is 5.75 Å². The van der Waals surface area contributed by atoms with Crippen molar-refractivity contribution >= 4 is 10.1 Å². The van der Waals surface area contributed by atoms with Crippen LogP contribution < -0.4 is 4.89 Å². The molecule has 0 bridgehead atoms. The van der Waals surface area contributed by atoms with E-state index < -0.39 is 10.1 Å². The first-order valence-electron chi connectivity index (χ1n) is 4.39. The summed E-state index contributed by atoms with van der Waals surface area (Å²) in [6.07, 6.45) is 1.23. The summed E-state index contributed by atoms with van der Waals surface area (Å²) in [7, 11) is -3.67. The van der Waals surface area contributed by atoms with E-state index in [1.165, 1.54) is 6.08 Å². The third-order valence-electron chi connectivity index (χ3n) is 1.30. The second-order valence-corrected chi connectivity index (χ2v) is 4.06. The van der Waals surface area contributed by atoms with Crippen molar-refractivity contribution in [3.8, 4) is 5.75 Å². The van der Waals surface area contributed by atoms with E-state index >= 15 is 0 Å². The van der Waals surface area contributed by atoms with Crippen LogP contribution in [-0.4, -0.2) is 14.2 Å². The molecule has 0 aliphatic heterocycles. The molecular weight excluding hydrogens is 228 g/mol. The summed E-state index contributed by atoms with van der Waals surface area (Å²) in [6, 6.07) is 8.37. The van der Waals surface area contributed by atoms with Gasteiger partial charge >= 0.3 is 10.1 Å². The van der Waals surface area contributed by atoms with Gasteiger partial charge in [-0.05, 0) is 12.1 Å². The van der Waals surface area contributed by atoms with Crippen molar-refractivity contribution in [1.82, 2.24) is 0 Å². The van der Waals surface area contributed by atoms with Gasteiger partial charge in [-0.15, -0.1) is 19.7 Å². The molecule has 1 aromatic carbocycles. The highest BCUT2D eigenvalue weighted by Crippen LogP contribution is 2.10. The van der Waals surface area contributed by atoms with Crippen molar-refractivity contribution in [2.45, 2.75) is 0 Å². The molecule has 0 atom stereocenters. The molecule has 0 spiro atoms. The molecule has 88 valence electrons. The molecule has 0 amide bonds. The average molecular weight is 242 g/mol. The Bertz CT molecular complexity index is 397. The Kier molecular flexibility index (Phi) is 6.91. The van der Waals surface area contributed by atoms with Crippen molar-refractivity contribution in [2.24, 2.45) is 0 Å². The minimum absolute atomic E-state index is 0.278. The quantitative estimate of drug-likeness (QED) is 0.451. The van der Waals surface area contributed by atoms with Crippen LogP contribution in [0.25, 0.3) is 0 Å². The minimum Gasteiger partial charge on any atom is -0.321 e. The Morgan fingerprint density at radius 2 is 1.75 bits per heavy atom. The van der Waals surface area contributed by atoms with Crippen LogP contribution in [0.1, 0.15) is 0 Å². The van der Waals surface area contributed by atoms with Crippen LogP contribution in [0.4, 0.5) is 0 Å². The lowest BCUT2D eigenvalue weighted by atomic mass is 10.3. The molecule has 0 radical (unpaired) electrons. The van der Waals surface area contributed by atoms with Gasteiger partial charge in [0.1, 0.15) is 0 Å². The van der Waals surface area contributed by atoms with Gasteiger partial charge in [-0.2, -0.15) is 8.42 Å². The molecule has 0 saturated heterocycles. The van der Waals surface area contributed by atoms with Gasteiger partial charge in [-0.25, -0.2) is 0 Å². The molecule has 0 aliphatic carbocycles. The third kappa shape index (κ3) is 6.00. The van der Waals surface area contributed by atoms with Gasteiger partial charge in [0.25, 0.3) is 0 Å². The Morgan fingerprint density at radius 1 is 1.19 bits per heavy atom. The van der Waals surface area contributed by atoms with E-state index in [1.54, 1.807) is 30.3 Å². The van der Waals surface area contributed by atoms with Crippen LogP contribution in [0.15, 0.2) is 56.1 Å². The van der Waals surface area contributed by atoms with Crippen molar-refractivity contribution in [2.75, 3.05) is 5.75 Å². The molecular formula is C11H14O4S. The molecule has 0 heterocycles. The normalized spacial score (nSPS) is 9.75. The highest BCUT2D eigenvalue weighted by atomic mass is 32.2. The van der Waals surface area contributed by atoms with E-state index in [0.717, 1.165) is 0 Å². The Balaban J connectivity index is 0.00000106. The standard InChI is InChI=1S/C9H10O4S.C2H4/c1-2-8-14(10,11)13-12-9-6-4-3-5-7-9;1-2/h2-7H,1,8H2;1-2H2. The van der Waals surface area contributed by atoms with Crippen LogP contribution in [0.2, 0.25) is 0 Å². The van der Waals surface area contributed by atoms with E-state index in [9.17, 15) is 8.42 Å². The Hall–Kier alpha value is -1.59. The highest BCUT2D eigenvalue weighted by molar-refractivity contribution is 7.86. The molecule has 1 aromatic rings. The summed E-state index contributed by atoms with van der Waals surface area (Å²) in [5, 5.41) is 0. The zero-order valence-electron chi connectivity index (χ0n) is 8.83. The molecule has 0 aliphatic rings. The van der Waals surface area contributed by atoms with Gasteiger partial charge in [0.2, 0.25) is 0 Å². The van der Waals surface area contributed by atoms with E-state index in [2.05, 4.69) is 29.0 Å². The van der Waals surface area contributed by atoms with Crippen LogP contribution in [0.3, 0.4) is 0 Å². The zero-order valence-corrected chi connectivity index (χ0v) is 9.65. The number of rotatable bonds is 5. The smallest absolute Gasteiger partial charge is 0.306 e. The van der Waals surface area contributed by atoms with Gasteiger partial charge in [0, 0.05) is 0 Å². The summed E-state index contributed by atoms with van der Waals surface area (Å²) in [5.41, 5.74) is 0. The molecule has 0 unspecified atom stereocenters. The summed E-state index contributed by atoms with van der Waals surface area (Å²) in [6.45, 7) is 9.29. The van der Waals surface area contributed by atoms with E-state index in [1.807, 2.05) is 0 Å². The topological polar surface area (TPSA) is 52.6 Å². The molecule has 4 nitrogen and oxygen atoms in total. The fourth-order valence-corrected chi connectivity index (χ4v) is 1.27. The predicted octanol–water partition coefficient (Wildman–Crippen LogP) is 2.32. The number of hydrogen-bond donors (Lipinski definition) is 0. The summed E-state index contributed by atoms with van der Waals surface area (Å²) in [5.74, 6) is 0.0555. The number of benzene rings is 1. The largest absolute Gasteiger partial charge is 0.321 e. The van der Waals surface area contributed by atoms with E-state index in [4.69, 9.17) is 0 Å². The lowest BCUT2D eigenvalue weighted by molar-refractivity contribution is -0.0921. The maximum atomic E-state index is 11.0. The predicted molar refractivity (Wildman–Crippen MR) is 63.4 cm³/mol. The monoisotopic (exact) mass is 242 g/mol. The maximum absolute atomic E-state index is 11.0. The van der Waals surface area contributed by atoms with Crippen LogP contribution in [0.5, 0.6) is 5.75 Å². The number of para-hydroxylation sites is 1. The third-order valence-corrected chi connectivity index (χ3v) is 2.22. The van der Waals surface area contributed by atoms with E-state index in [-0.39, 0.29) is 5.75 Å². The molecule has 0 fully saturated rings. The minimum atomic E-state index is -3.67. The summed E-state index contributed by atoms with van der Waals surface area (Å²) < 4.78 is 26.2. The first-order valence-corrected chi connectivity index (χ1v) is 5.96. The lowest BCUT2D eigenvalue weighted by Gasteiger charge is -2.02. The van der Waals surface area contributed by atoms with Gasteiger partial charge in [-0.3, -0.25) is 0 Å². The fourth-order valence-electron chi connectivity index (χ4n) is 0.739. The van der Waals surface area contributed by atoms with E-state index in [0.29, 0.717) is 5.75 Å². The van der Waals surface area contributed by atoms with Gasteiger partial charge in [-0.1, -0.05) is 28.6 Å². The average Bonchev–Trinajstić information content (AvgIpc) is 2.31. The van der Waals surface area contributed by atoms with Crippen molar-refractivity contribution in [1.29, 1.82) is 0 Å². The fraction of sp³-hybridized carbons (Fsp3) is 0.0909. The Labute approximate surface area is 95.9 Å². The van der Waals surface area contributed by atoms with Crippen molar-refractivity contribution in [3.05, 3.63) is 56.1 Å². The Morgan fingerprint density at radius 3 is 2.25 bits per heavy atom. The molecule has 0 N–H and O–H groups in total. The second-order valence-electron chi connectivity index (χ2n) is 2.48. The van der Waals surface area contributed by atoms with Crippen LogP contribution in [-0.2, 0) is 14.5 Å². The molecule has 5 heteroatoms. The first-order chi connectivity index (χ1) is 7.64. The van der Waals surface area contributed by atoms with Crippen molar-refractivity contribution in [3.63, 3.8) is 0 Å². The number of hydrogen-bond acceptors (Lipinski definition) is 4. The summed E-state index contributed by atoms with van der Waals surface area (Å²) >= 11 is 0. The molecule has 0 aromatic heterocycles. The molecule has 0 saturated carbocycles. The second kappa shape index (κ2) is 7.67. The maximum Gasteiger partial charge on any atom is 0.306 e. The highest BCUT2D eigenvalue weighted by Gasteiger charge is 2.10. The molecule has 16 heavy (non-hydrogen) atoms. The van der Waals surface area contributed by atoms with Gasteiger partial charge in [0.05, 0.1) is 5.75 Å². The summed E-state index contributed by atoms with van der Waals surface area (Å²) in [4.78, 5) is 4.59. The SMILES string of the molecule is C=C.C=CCS(=O)(=O)OOc1ccccc1. The zero-order chi connectivity index (χ0) is 12.4. The van der Waals surface area contributed by atoms with Crippen molar-refractivity contribution < 1.29 is 17.6 Å².